The minimum absolute atomic E-state index is 0.00240. The van der Waals surface area contributed by atoms with Crippen LogP contribution in [-0.2, 0) is 11.3 Å². The van der Waals surface area contributed by atoms with E-state index in [0.29, 0.717) is 6.54 Å². The van der Waals surface area contributed by atoms with Crippen LogP contribution in [0.4, 0.5) is 0 Å². The van der Waals surface area contributed by atoms with Crippen LogP contribution in [0.25, 0.3) is 0 Å². The number of carboxylic acid groups (broad SMARTS) is 1. The number of aliphatic carboxylic acids is 1. The molecule has 1 atom stereocenters. The largest absolute Gasteiger partial charge is 0.481 e. The Bertz CT molecular complexity index is 525. The summed E-state index contributed by atoms with van der Waals surface area (Å²) >= 11 is 0. The topological polar surface area (TPSA) is 49.3 Å². The second-order valence-electron chi connectivity index (χ2n) is 4.82. The van der Waals surface area contributed by atoms with Crippen molar-refractivity contribution in [3.8, 4) is 0 Å². The van der Waals surface area contributed by atoms with Crippen LogP contribution in [0, 0.1) is 0 Å². The van der Waals surface area contributed by atoms with E-state index in [2.05, 4.69) is 17.4 Å². The second kappa shape index (κ2) is 7.46. The van der Waals surface area contributed by atoms with Gasteiger partial charge in [-0.05, 0) is 11.1 Å². The molecule has 0 unspecified atom stereocenters. The number of carboxylic acids is 1. The molecule has 0 amide bonds. The molecule has 2 rings (SSSR count). The van der Waals surface area contributed by atoms with Gasteiger partial charge < -0.3 is 10.4 Å². The number of hydrogen-bond donors (Lipinski definition) is 2. The molecule has 0 aromatic heterocycles. The zero-order chi connectivity index (χ0) is 14.2. The molecule has 0 aliphatic carbocycles. The van der Waals surface area contributed by atoms with Crippen molar-refractivity contribution in [2.75, 3.05) is 6.54 Å². The third-order valence-electron chi connectivity index (χ3n) is 3.25. The number of hydrogen-bond acceptors (Lipinski definition) is 2. The Labute approximate surface area is 119 Å². The fourth-order valence-corrected chi connectivity index (χ4v) is 2.23. The summed E-state index contributed by atoms with van der Waals surface area (Å²) in [6.07, 6.45) is 0.145. The molecule has 0 spiro atoms. The zero-order valence-corrected chi connectivity index (χ0v) is 11.3. The average molecular weight is 269 g/mol. The lowest BCUT2D eigenvalue weighted by Gasteiger charge is -2.16. The molecule has 104 valence electrons. The van der Waals surface area contributed by atoms with Crippen molar-refractivity contribution in [2.45, 2.75) is 18.9 Å². The van der Waals surface area contributed by atoms with Crippen molar-refractivity contribution in [3.63, 3.8) is 0 Å². The van der Waals surface area contributed by atoms with Gasteiger partial charge in [-0.1, -0.05) is 60.7 Å². The molecule has 20 heavy (non-hydrogen) atoms. The van der Waals surface area contributed by atoms with E-state index in [0.717, 1.165) is 12.1 Å². The van der Waals surface area contributed by atoms with Crippen LogP contribution in [0.15, 0.2) is 60.7 Å². The maximum Gasteiger partial charge on any atom is 0.304 e. The van der Waals surface area contributed by atoms with Gasteiger partial charge in [-0.2, -0.15) is 0 Å². The molecule has 3 heteroatoms. The Hall–Kier alpha value is -2.13. The molecular weight excluding hydrogens is 250 g/mol. The van der Waals surface area contributed by atoms with Crippen molar-refractivity contribution in [1.82, 2.24) is 5.32 Å². The summed E-state index contributed by atoms with van der Waals surface area (Å²) < 4.78 is 0. The monoisotopic (exact) mass is 269 g/mol. The van der Waals surface area contributed by atoms with Crippen molar-refractivity contribution < 1.29 is 9.90 Å². The Kier molecular flexibility index (Phi) is 5.33. The summed E-state index contributed by atoms with van der Waals surface area (Å²) in [5.74, 6) is -0.766. The Morgan fingerprint density at radius 3 is 2.20 bits per heavy atom. The summed E-state index contributed by atoms with van der Waals surface area (Å²) in [6, 6.07) is 19.9. The van der Waals surface area contributed by atoms with Gasteiger partial charge in [0, 0.05) is 19.0 Å². The van der Waals surface area contributed by atoms with Gasteiger partial charge in [-0.25, -0.2) is 0 Å². The van der Waals surface area contributed by atoms with E-state index in [1.165, 1.54) is 5.56 Å². The average Bonchev–Trinajstić information content (AvgIpc) is 2.48. The summed E-state index contributed by atoms with van der Waals surface area (Å²) in [5, 5.41) is 12.4. The first-order valence-electron chi connectivity index (χ1n) is 6.77. The third kappa shape index (κ3) is 4.52. The highest BCUT2D eigenvalue weighted by atomic mass is 16.4. The highest BCUT2D eigenvalue weighted by Crippen LogP contribution is 2.18. The maximum atomic E-state index is 11.0. The highest BCUT2D eigenvalue weighted by Gasteiger charge is 2.14. The molecule has 0 fully saturated rings. The molecule has 2 aromatic rings. The first-order chi connectivity index (χ1) is 9.75. The molecule has 0 aliphatic heterocycles. The quantitative estimate of drug-likeness (QED) is 0.812. The predicted octanol–water partition coefficient (Wildman–Crippen LogP) is 3.03. The number of benzene rings is 2. The number of nitrogens with one attached hydrogen (secondary N) is 1. The highest BCUT2D eigenvalue weighted by molar-refractivity contribution is 5.68. The van der Waals surface area contributed by atoms with E-state index in [4.69, 9.17) is 5.11 Å². The van der Waals surface area contributed by atoms with Crippen LogP contribution < -0.4 is 5.32 Å². The zero-order valence-electron chi connectivity index (χ0n) is 11.3. The standard InChI is InChI=1S/C17H19NO2/c19-17(20)11-16(15-9-5-2-6-10-15)13-18-12-14-7-3-1-4-8-14/h1-10,16,18H,11-13H2,(H,19,20)/t16-/m0/s1. The lowest BCUT2D eigenvalue weighted by molar-refractivity contribution is -0.137. The van der Waals surface area contributed by atoms with Crippen molar-refractivity contribution in [2.24, 2.45) is 0 Å². The molecule has 0 saturated heterocycles. The molecular formula is C17H19NO2. The Morgan fingerprint density at radius 2 is 1.60 bits per heavy atom. The van der Waals surface area contributed by atoms with E-state index < -0.39 is 5.97 Å². The molecule has 0 radical (unpaired) electrons. The van der Waals surface area contributed by atoms with Crippen LogP contribution >= 0.6 is 0 Å². The van der Waals surface area contributed by atoms with E-state index in [1.54, 1.807) is 0 Å². The second-order valence-corrected chi connectivity index (χ2v) is 4.82. The van der Waals surface area contributed by atoms with Gasteiger partial charge in [-0.15, -0.1) is 0 Å². The van der Waals surface area contributed by atoms with Gasteiger partial charge in [-0.3, -0.25) is 4.79 Å². The van der Waals surface area contributed by atoms with Gasteiger partial charge in [0.2, 0.25) is 0 Å². The van der Waals surface area contributed by atoms with E-state index in [-0.39, 0.29) is 12.3 Å². The maximum absolute atomic E-state index is 11.0. The van der Waals surface area contributed by atoms with Crippen LogP contribution in [0.3, 0.4) is 0 Å². The normalized spacial score (nSPS) is 12.0. The molecule has 0 saturated carbocycles. The van der Waals surface area contributed by atoms with Crippen molar-refractivity contribution in [3.05, 3.63) is 71.8 Å². The minimum Gasteiger partial charge on any atom is -0.481 e. The van der Waals surface area contributed by atoms with Crippen molar-refractivity contribution in [1.29, 1.82) is 0 Å². The lowest BCUT2D eigenvalue weighted by atomic mass is 9.95. The van der Waals surface area contributed by atoms with Crippen molar-refractivity contribution >= 4 is 5.97 Å². The summed E-state index contributed by atoms with van der Waals surface area (Å²) in [6.45, 7) is 1.41. The SMILES string of the molecule is O=C(O)C[C@@H](CNCc1ccccc1)c1ccccc1. The lowest BCUT2D eigenvalue weighted by Crippen LogP contribution is -2.23. The first kappa shape index (κ1) is 14.3. The smallest absolute Gasteiger partial charge is 0.304 e. The summed E-state index contributed by atoms with van der Waals surface area (Å²) in [5.41, 5.74) is 2.27. The fraction of sp³-hybridized carbons (Fsp3) is 0.235. The summed E-state index contributed by atoms with van der Waals surface area (Å²) in [7, 11) is 0. The van der Waals surface area contributed by atoms with Gasteiger partial charge in [0.15, 0.2) is 0 Å². The number of rotatable bonds is 7. The predicted molar refractivity (Wildman–Crippen MR) is 79.6 cm³/mol. The molecule has 3 nitrogen and oxygen atoms in total. The van der Waals surface area contributed by atoms with Gasteiger partial charge >= 0.3 is 5.97 Å². The van der Waals surface area contributed by atoms with Gasteiger partial charge in [0.25, 0.3) is 0 Å². The minimum atomic E-state index is -0.764. The van der Waals surface area contributed by atoms with E-state index in [1.807, 2.05) is 48.5 Å². The first-order valence-corrected chi connectivity index (χ1v) is 6.77. The molecule has 2 N–H and O–H groups in total. The third-order valence-corrected chi connectivity index (χ3v) is 3.25. The molecule has 0 bridgehead atoms. The Balaban J connectivity index is 1.93. The van der Waals surface area contributed by atoms with Crippen LogP contribution in [0.5, 0.6) is 0 Å². The number of carbonyl (C=O) groups is 1. The van der Waals surface area contributed by atoms with Crippen LogP contribution in [0.2, 0.25) is 0 Å². The van der Waals surface area contributed by atoms with Gasteiger partial charge in [0.05, 0.1) is 6.42 Å². The summed E-state index contributed by atoms with van der Waals surface area (Å²) in [4.78, 5) is 11.0. The fourth-order valence-electron chi connectivity index (χ4n) is 2.23. The van der Waals surface area contributed by atoms with E-state index in [9.17, 15) is 4.79 Å². The van der Waals surface area contributed by atoms with Gasteiger partial charge in [0.1, 0.15) is 0 Å². The molecule has 0 heterocycles. The van der Waals surface area contributed by atoms with Crippen LogP contribution in [-0.4, -0.2) is 17.6 Å². The Morgan fingerprint density at radius 1 is 1.00 bits per heavy atom. The molecule has 0 aliphatic rings. The molecule has 2 aromatic carbocycles. The van der Waals surface area contributed by atoms with E-state index >= 15 is 0 Å². The van der Waals surface area contributed by atoms with Crippen LogP contribution in [0.1, 0.15) is 23.5 Å².